The fraction of sp³-hybridized carbons (Fsp3) is 0.538. The normalized spacial score (nSPS) is 14.9. The third kappa shape index (κ3) is 8.25. The van der Waals surface area contributed by atoms with E-state index in [4.69, 9.17) is 9.31 Å². The lowest BCUT2D eigenvalue weighted by atomic mass is 9.47. The predicted octanol–water partition coefficient (Wildman–Crippen LogP) is 4.00. The summed E-state index contributed by atoms with van der Waals surface area (Å²) in [6.07, 6.45) is 11.3. The first-order valence-electron chi connectivity index (χ1n) is 12.2. The first-order valence-corrected chi connectivity index (χ1v) is 12.2. The lowest BCUT2D eigenvalue weighted by molar-refractivity contribution is -0.655. The van der Waals surface area contributed by atoms with Crippen LogP contribution in [0, 0.1) is 0 Å². The molecule has 4 heteroatoms. The summed E-state index contributed by atoms with van der Waals surface area (Å²) in [5, 5.41) is 2.49. The van der Waals surface area contributed by atoms with Gasteiger partial charge in [-0.3, -0.25) is 0 Å². The molecule has 0 saturated carbocycles. The zero-order chi connectivity index (χ0) is 21.3. The van der Waals surface area contributed by atoms with Crippen molar-refractivity contribution in [2.75, 3.05) is 26.3 Å². The second-order valence-corrected chi connectivity index (χ2v) is 8.26. The Hall–Kier alpha value is -1.62. The highest BCUT2D eigenvalue weighted by atomic mass is 16.6. The Bertz CT molecular complexity index is 593. The van der Waals surface area contributed by atoms with Gasteiger partial charge in [-0.1, -0.05) is 100 Å². The molecule has 2 aromatic carbocycles. The molecule has 1 aliphatic heterocycles. The topological polar surface area (TPSA) is 35.1 Å². The molecule has 0 atom stereocenters. The van der Waals surface area contributed by atoms with Crippen molar-refractivity contribution in [3.63, 3.8) is 0 Å². The maximum Gasteiger partial charge on any atom is 0.299 e. The fourth-order valence-corrected chi connectivity index (χ4v) is 4.04. The molecule has 1 fully saturated rings. The van der Waals surface area contributed by atoms with Crippen LogP contribution >= 0.6 is 0 Å². The number of unbranched alkanes of at least 4 members (excludes halogenated alkanes) is 6. The Morgan fingerprint density at radius 3 is 1.47 bits per heavy atom. The van der Waals surface area contributed by atoms with E-state index in [0.717, 1.165) is 10.9 Å². The zero-order valence-corrected chi connectivity index (χ0v) is 19.2. The van der Waals surface area contributed by atoms with Gasteiger partial charge in [-0.05, 0) is 25.7 Å². The fourth-order valence-electron chi connectivity index (χ4n) is 4.04. The van der Waals surface area contributed by atoms with E-state index in [2.05, 4.69) is 43.4 Å². The molecule has 30 heavy (non-hydrogen) atoms. The van der Waals surface area contributed by atoms with E-state index in [1.54, 1.807) is 0 Å². The summed E-state index contributed by atoms with van der Waals surface area (Å²) in [6, 6.07) is 20.4. The van der Waals surface area contributed by atoms with Gasteiger partial charge in [-0.25, -0.2) is 0 Å². The van der Waals surface area contributed by atoms with Gasteiger partial charge in [-0.2, -0.15) is 0 Å². The quantitative estimate of drug-likeness (QED) is 0.423. The van der Waals surface area contributed by atoms with Crippen molar-refractivity contribution < 1.29 is 14.6 Å². The third-order valence-electron chi connectivity index (χ3n) is 5.79. The predicted molar refractivity (Wildman–Crippen MR) is 130 cm³/mol. The molecular weight excluding hydrogens is 369 g/mol. The lowest BCUT2D eigenvalue weighted by Crippen LogP contribution is -2.84. The molecule has 0 aliphatic carbocycles. The van der Waals surface area contributed by atoms with Crippen LogP contribution < -0.4 is 16.2 Å². The highest BCUT2D eigenvalue weighted by molar-refractivity contribution is 6.92. The van der Waals surface area contributed by atoms with Gasteiger partial charge in [0.25, 0.3) is 6.55 Å². The van der Waals surface area contributed by atoms with Crippen LogP contribution in [0.3, 0.4) is 0 Å². The highest BCUT2D eigenvalue weighted by Gasteiger charge is 2.34. The zero-order valence-electron chi connectivity index (χ0n) is 19.2. The van der Waals surface area contributed by atoms with E-state index in [9.17, 15) is 0 Å². The largest absolute Gasteiger partial charge is 0.559 e. The minimum atomic E-state index is -1.47. The summed E-state index contributed by atoms with van der Waals surface area (Å²) < 4.78 is 11.9. The van der Waals surface area contributed by atoms with Crippen molar-refractivity contribution in [3.8, 4) is 0 Å². The van der Waals surface area contributed by atoms with Gasteiger partial charge >= 0.3 is 0 Å². The molecule has 0 amide bonds. The molecular formula is C26H42BNO2. The summed E-state index contributed by atoms with van der Waals surface area (Å²) in [4.78, 5) is 0. The van der Waals surface area contributed by atoms with Gasteiger partial charge < -0.3 is 14.6 Å². The maximum absolute atomic E-state index is 5.95. The van der Waals surface area contributed by atoms with Crippen molar-refractivity contribution in [3.05, 3.63) is 60.7 Å². The second kappa shape index (κ2) is 15.2. The summed E-state index contributed by atoms with van der Waals surface area (Å²) in [6.45, 7) is 7.10. The van der Waals surface area contributed by atoms with Crippen LogP contribution in [0.5, 0.6) is 0 Å². The molecule has 0 spiro atoms. The van der Waals surface area contributed by atoms with E-state index in [0.29, 0.717) is 13.2 Å². The minimum Gasteiger partial charge on any atom is -0.559 e. The summed E-state index contributed by atoms with van der Waals surface area (Å²) in [5.41, 5.74) is 2.22. The maximum atomic E-state index is 5.95. The van der Waals surface area contributed by atoms with Crippen LogP contribution in [0.25, 0.3) is 0 Å². The smallest absolute Gasteiger partial charge is 0.299 e. The van der Waals surface area contributed by atoms with E-state index in [1.165, 1.54) is 64.5 Å². The van der Waals surface area contributed by atoms with E-state index < -0.39 is 6.55 Å². The summed E-state index contributed by atoms with van der Waals surface area (Å²) in [7, 11) is 0. The monoisotopic (exact) mass is 411 g/mol. The SMILES string of the molecule is CCCCCC[NH2+]CCCCCC.c1ccc([B-]2(c3ccccc3)OCCO2)cc1. The van der Waals surface area contributed by atoms with E-state index in [-0.39, 0.29) is 0 Å². The molecule has 0 radical (unpaired) electrons. The number of hydrogen-bond donors (Lipinski definition) is 1. The van der Waals surface area contributed by atoms with Crippen molar-refractivity contribution in [1.82, 2.24) is 0 Å². The Balaban J connectivity index is 0.000000224. The lowest BCUT2D eigenvalue weighted by Gasteiger charge is -2.36. The number of hydrogen-bond acceptors (Lipinski definition) is 2. The van der Waals surface area contributed by atoms with Gasteiger partial charge in [0.1, 0.15) is 0 Å². The molecule has 3 rings (SSSR count). The van der Waals surface area contributed by atoms with Gasteiger partial charge in [-0.15, -0.1) is 10.9 Å². The first kappa shape index (κ1) is 24.7. The van der Waals surface area contributed by atoms with Gasteiger partial charge in [0.15, 0.2) is 0 Å². The average molecular weight is 411 g/mol. The van der Waals surface area contributed by atoms with E-state index >= 15 is 0 Å². The number of benzene rings is 2. The van der Waals surface area contributed by atoms with Crippen LogP contribution in [0.2, 0.25) is 0 Å². The molecule has 3 nitrogen and oxygen atoms in total. The Kier molecular flexibility index (Phi) is 12.5. The molecule has 2 N–H and O–H groups in total. The molecule has 1 saturated heterocycles. The van der Waals surface area contributed by atoms with E-state index in [1.807, 2.05) is 36.4 Å². The number of nitrogens with two attached hydrogens (primary N) is 1. The Morgan fingerprint density at radius 2 is 1.07 bits per heavy atom. The molecule has 0 aromatic heterocycles. The molecule has 1 heterocycles. The van der Waals surface area contributed by atoms with Crippen molar-refractivity contribution in [1.29, 1.82) is 0 Å². The van der Waals surface area contributed by atoms with Crippen LogP contribution in [0.4, 0.5) is 0 Å². The van der Waals surface area contributed by atoms with Gasteiger partial charge in [0, 0.05) is 13.2 Å². The van der Waals surface area contributed by atoms with Crippen molar-refractivity contribution in [2.45, 2.75) is 65.2 Å². The number of rotatable bonds is 12. The molecule has 0 bridgehead atoms. The van der Waals surface area contributed by atoms with Gasteiger partial charge in [0.2, 0.25) is 0 Å². The second-order valence-electron chi connectivity index (χ2n) is 8.26. The molecule has 2 aromatic rings. The van der Waals surface area contributed by atoms with Crippen molar-refractivity contribution >= 4 is 17.5 Å². The van der Waals surface area contributed by atoms with Gasteiger partial charge in [0.05, 0.1) is 13.1 Å². The Labute approximate surface area is 184 Å². The number of quaternary nitrogens is 1. The van der Waals surface area contributed by atoms with Crippen molar-refractivity contribution in [2.24, 2.45) is 0 Å². The molecule has 166 valence electrons. The summed E-state index contributed by atoms with van der Waals surface area (Å²) >= 11 is 0. The average Bonchev–Trinajstić information content (AvgIpc) is 3.31. The molecule has 0 unspecified atom stereocenters. The third-order valence-corrected chi connectivity index (χ3v) is 5.79. The van der Waals surface area contributed by atoms with Crippen LogP contribution in [-0.2, 0) is 9.31 Å². The minimum absolute atomic E-state index is 0.657. The standard InChI is InChI=1S/C14H14BO2.C12H27N/c1-3-7-13(8-4-1)15(16-11-12-17-15)14-9-5-2-6-10-14;1-3-5-7-9-11-13-12-10-8-6-4-2/h1-10H,11-12H2;13H,3-12H2,1-2H3/q-1;/p+1. The Morgan fingerprint density at radius 1 is 0.633 bits per heavy atom. The highest BCUT2D eigenvalue weighted by Crippen LogP contribution is 2.14. The first-order chi connectivity index (χ1) is 14.8. The summed E-state index contributed by atoms with van der Waals surface area (Å²) in [5.74, 6) is 0. The molecule has 1 aliphatic rings. The van der Waals surface area contributed by atoms with Crippen LogP contribution in [0.15, 0.2) is 60.7 Å². The van der Waals surface area contributed by atoms with Crippen LogP contribution in [-0.4, -0.2) is 32.9 Å². The van der Waals surface area contributed by atoms with Crippen LogP contribution in [0.1, 0.15) is 65.2 Å².